The summed E-state index contributed by atoms with van der Waals surface area (Å²) in [4.78, 5) is 12.4. The van der Waals surface area contributed by atoms with E-state index in [0.29, 0.717) is 11.7 Å². The highest BCUT2D eigenvalue weighted by Gasteiger charge is 2.24. The van der Waals surface area contributed by atoms with Crippen molar-refractivity contribution in [3.05, 3.63) is 41.5 Å². The number of halogens is 1. The van der Waals surface area contributed by atoms with Gasteiger partial charge in [0.1, 0.15) is 11.5 Å². The molecule has 1 aliphatic carbocycles. The maximum atomic E-state index is 14.1. The number of anilines is 2. The summed E-state index contributed by atoms with van der Waals surface area (Å²) in [6, 6.07) is 6.86. The molecule has 0 radical (unpaired) electrons. The van der Waals surface area contributed by atoms with E-state index in [1.165, 1.54) is 6.07 Å². The molecule has 0 aliphatic heterocycles. The zero-order valence-corrected chi connectivity index (χ0v) is 13.6. The molecule has 1 heterocycles. The van der Waals surface area contributed by atoms with Gasteiger partial charge in [-0.1, -0.05) is 19.9 Å². The first-order chi connectivity index (χ1) is 11.0. The Balaban J connectivity index is 1.83. The molecular weight excluding hydrogens is 295 g/mol. The van der Waals surface area contributed by atoms with E-state index in [-0.39, 0.29) is 17.3 Å². The first-order valence-corrected chi connectivity index (χ1v) is 7.86. The highest BCUT2D eigenvalue weighted by molar-refractivity contribution is 6.04. The maximum absolute atomic E-state index is 14.1. The maximum Gasteiger partial charge on any atom is 0.276 e. The number of aromatic nitrogens is 2. The molecule has 6 heteroatoms. The zero-order valence-electron chi connectivity index (χ0n) is 13.6. The number of amides is 1. The van der Waals surface area contributed by atoms with Crippen LogP contribution in [0.4, 0.5) is 15.8 Å². The van der Waals surface area contributed by atoms with Gasteiger partial charge in [-0.05, 0) is 37.0 Å². The standard InChI is InChI=1S/C17H21FN4O/c1-10(2)15-9-14(21-22(15)3)17(23)20-16-12(18)5-4-6-13(16)19-11-7-8-11/h4-6,9-11,19H,7-8H2,1-3H3,(H,20,23). The van der Waals surface area contributed by atoms with Gasteiger partial charge in [-0.2, -0.15) is 5.10 Å². The van der Waals surface area contributed by atoms with Gasteiger partial charge in [-0.25, -0.2) is 4.39 Å². The Hall–Kier alpha value is -2.37. The molecule has 3 rings (SSSR count). The molecule has 0 bridgehead atoms. The number of carbonyl (C=O) groups excluding carboxylic acids is 1. The van der Waals surface area contributed by atoms with Crippen LogP contribution in [0.3, 0.4) is 0 Å². The SMILES string of the molecule is CC(C)c1cc(C(=O)Nc2c(F)cccc2NC2CC2)nn1C. The average molecular weight is 316 g/mol. The van der Waals surface area contributed by atoms with E-state index < -0.39 is 11.7 Å². The second kappa shape index (κ2) is 6.02. The van der Waals surface area contributed by atoms with Crippen molar-refractivity contribution in [1.29, 1.82) is 0 Å². The molecule has 5 nitrogen and oxygen atoms in total. The fourth-order valence-corrected chi connectivity index (χ4v) is 2.53. The minimum atomic E-state index is -0.455. The molecule has 1 aliphatic rings. The number of nitrogens with one attached hydrogen (secondary N) is 2. The van der Waals surface area contributed by atoms with E-state index in [9.17, 15) is 9.18 Å². The van der Waals surface area contributed by atoms with E-state index in [1.54, 1.807) is 29.9 Å². The molecule has 1 aromatic carbocycles. The molecule has 1 aromatic heterocycles. The molecule has 2 N–H and O–H groups in total. The first-order valence-electron chi connectivity index (χ1n) is 7.86. The predicted octanol–water partition coefficient (Wildman–Crippen LogP) is 3.51. The second-order valence-electron chi connectivity index (χ2n) is 6.27. The summed E-state index contributed by atoms with van der Waals surface area (Å²) >= 11 is 0. The molecule has 1 saturated carbocycles. The molecule has 122 valence electrons. The van der Waals surface area contributed by atoms with Crippen LogP contribution in [0.5, 0.6) is 0 Å². The zero-order chi connectivity index (χ0) is 16.6. The van der Waals surface area contributed by atoms with Gasteiger partial charge in [0.05, 0.1) is 5.69 Å². The van der Waals surface area contributed by atoms with Crippen LogP contribution in [0.25, 0.3) is 0 Å². The van der Waals surface area contributed by atoms with Crippen LogP contribution >= 0.6 is 0 Å². The lowest BCUT2D eigenvalue weighted by Crippen LogP contribution is -2.16. The Bertz CT molecular complexity index is 734. The fraction of sp³-hybridized carbons (Fsp3) is 0.412. The van der Waals surface area contributed by atoms with Crippen molar-refractivity contribution >= 4 is 17.3 Å². The smallest absolute Gasteiger partial charge is 0.276 e. The molecular formula is C17H21FN4O. The monoisotopic (exact) mass is 316 g/mol. The van der Waals surface area contributed by atoms with Crippen LogP contribution in [0.2, 0.25) is 0 Å². The van der Waals surface area contributed by atoms with E-state index in [2.05, 4.69) is 15.7 Å². The second-order valence-corrected chi connectivity index (χ2v) is 6.27. The Morgan fingerprint density at radius 3 is 2.74 bits per heavy atom. The van der Waals surface area contributed by atoms with Gasteiger partial charge < -0.3 is 10.6 Å². The Labute approximate surface area is 134 Å². The van der Waals surface area contributed by atoms with Crippen molar-refractivity contribution in [3.63, 3.8) is 0 Å². The molecule has 1 fully saturated rings. The molecule has 2 aromatic rings. The summed E-state index contributed by atoms with van der Waals surface area (Å²) in [6.07, 6.45) is 2.14. The summed E-state index contributed by atoms with van der Waals surface area (Å²) in [6.45, 7) is 4.07. The van der Waals surface area contributed by atoms with Crippen molar-refractivity contribution in [2.45, 2.75) is 38.6 Å². The Kier molecular flexibility index (Phi) is 4.07. The lowest BCUT2D eigenvalue weighted by atomic mass is 10.1. The molecule has 0 spiro atoms. The van der Waals surface area contributed by atoms with Gasteiger partial charge in [0, 0.05) is 18.8 Å². The summed E-state index contributed by atoms with van der Waals surface area (Å²) in [5, 5.41) is 10.1. The molecule has 0 saturated heterocycles. The molecule has 0 atom stereocenters. The number of hydrogen-bond donors (Lipinski definition) is 2. The minimum Gasteiger partial charge on any atom is -0.381 e. The summed E-state index contributed by atoms with van der Waals surface area (Å²) in [7, 11) is 1.80. The number of rotatable bonds is 5. The number of aryl methyl sites for hydroxylation is 1. The van der Waals surface area contributed by atoms with Crippen LogP contribution in [0, 0.1) is 5.82 Å². The highest BCUT2D eigenvalue weighted by Crippen LogP contribution is 2.31. The van der Waals surface area contributed by atoms with Crippen molar-refractivity contribution in [2.24, 2.45) is 7.05 Å². The van der Waals surface area contributed by atoms with Gasteiger partial charge in [0.25, 0.3) is 5.91 Å². The lowest BCUT2D eigenvalue weighted by Gasteiger charge is -2.12. The van der Waals surface area contributed by atoms with Crippen LogP contribution < -0.4 is 10.6 Å². The molecule has 1 amide bonds. The normalized spacial score (nSPS) is 14.1. The number of para-hydroxylation sites is 1. The van der Waals surface area contributed by atoms with E-state index in [4.69, 9.17) is 0 Å². The summed E-state index contributed by atoms with van der Waals surface area (Å²) in [5.41, 5.74) is 2.04. The Morgan fingerprint density at radius 1 is 1.39 bits per heavy atom. The number of carbonyl (C=O) groups is 1. The predicted molar refractivity (Wildman–Crippen MR) is 88.3 cm³/mol. The van der Waals surface area contributed by atoms with Gasteiger partial charge in [-0.15, -0.1) is 0 Å². The Morgan fingerprint density at radius 2 is 2.13 bits per heavy atom. The average Bonchev–Trinajstić information content (AvgIpc) is 3.21. The number of hydrogen-bond acceptors (Lipinski definition) is 3. The van der Waals surface area contributed by atoms with Crippen LogP contribution in [0.1, 0.15) is 48.8 Å². The fourth-order valence-electron chi connectivity index (χ4n) is 2.53. The van der Waals surface area contributed by atoms with Crippen LogP contribution in [-0.2, 0) is 7.05 Å². The minimum absolute atomic E-state index is 0.182. The molecule has 23 heavy (non-hydrogen) atoms. The third-order valence-corrected chi connectivity index (χ3v) is 3.93. The van der Waals surface area contributed by atoms with Gasteiger partial charge in [-0.3, -0.25) is 9.48 Å². The molecule has 0 unspecified atom stereocenters. The van der Waals surface area contributed by atoms with Crippen molar-refractivity contribution in [2.75, 3.05) is 10.6 Å². The van der Waals surface area contributed by atoms with Crippen LogP contribution in [0.15, 0.2) is 24.3 Å². The third kappa shape index (κ3) is 3.36. The van der Waals surface area contributed by atoms with E-state index in [1.807, 2.05) is 13.8 Å². The number of benzene rings is 1. The van der Waals surface area contributed by atoms with Gasteiger partial charge in [0.15, 0.2) is 5.69 Å². The highest BCUT2D eigenvalue weighted by atomic mass is 19.1. The van der Waals surface area contributed by atoms with Gasteiger partial charge in [0.2, 0.25) is 0 Å². The quantitative estimate of drug-likeness (QED) is 0.887. The van der Waals surface area contributed by atoms with E-state index in [0.717, 1.165) is 18.5 Å². The first kappa shape index (κ1) is 15.5. The van der Waals surface area contributed by atoms with E-state index >= 15 is 0 Å². The van der Waals surface area contributed by atoms with Gasteiger partial charge >= 0.3 is 0 Å². The topological polar surface area (TPSA) is 59.0 Å². The third-order valence-electron chi connectivity index (χ3n) is 3.93. The van der Waals surface area contributed by atoms with Crippen molar-refractivity contribution < 1.29 is 9.18 Å². The summed E-state index contributed by atoms with van der Waals surface area (Å²) < 4.78 is 15.8. The summed E-state index contributed by atoms with van der Waals surface area (Å²) in [5.74, 6) is -0.602. The van der Waals surface area contributed by atoms with Crippen LogP contribution in [-0.4, -0.2) is 21.7 Å². The number of nitrogens with zero attached hydrogens (tertiary/aromatic N) is 2. The van der Waals surface area contributed by atoms with Crippen molar-refractivity contribution in [3.8, 4) is 0 Å². The lowest BCUT2D eigenvalue weighted by molar-refractivity contribution is 0.102. The van der Waals surface area contributed by atoms with Crippen molar-refractivity contribution in [1.82, 2.24) is 9.78 Å². The largest absolute Gasteiger partial charge is 0.381 e.